The lowest BCUT2D eigenvalue weighted by Gasteiger charge is -2.19. The van der Waals surface area contributed by atoms with E-state index in [-0.39, 0.29) is 18.8 Å². The van der Waals surface area contributed by atoms with Crippen molar-refractivity contribution in [3.63, 3.8) is 0 Å². The van der Waals surface area contributed by atoms with Gasteiger partial charge < -0.3 is 14.6 Å². The summed E-state index contributed by atoms with van der Waals surface area (Å²) in [7, 11) is 0. The lowest BCUT2D eigenvalue weighted by molar-refractivity contribution is -0.0111. The molecule has 0 fully saturated rings. The topological polar surface area (TPSA) is 38.7 Å². The van der Waals surface area contributed by atoms with Crippen molar-refractivity contribution in [2.75, 3.05) is 13.2 Å². The van der Waals surface area contributed by atoms with E-state index in [1.165, 1.54) is 22.3 Å². The molecule has 0 radical (unpaired) electrons. The van der Waals surface area contributed by atoms with Crippen LogP contribution >= 0.6 is 0 Å². The molecule has 0 saturated carbocycles. The third-order valence-corrected chi connectivity index (χ3v) is 4.01. The van der Waals surface area contributed by atoms with Crippen LogP contribution in [-0.2, 0) is 11.2 Å². The monoisotopic (exact) mass is 298 g/mol. The summed E-state index contributed by atoms with van der Waals surface area (Å²) in [6.07, 6.45) is 0.712. The summed E-state index contributed by atoms with van der Waals surface area (Å²) in [5, 5.41) is 9.00. The van der Waals surface area contributed by atoms with E-state index in [0.717, 1.165) is 12.2 Å². The van der Waals surface area contributed by atoms with Crippen LogP contribution in [0.2, 0.25) is 0 Å². The van der Waals surface area contributed by atoms with Gasteiger partial charge in [-0.1, -0.05) is 36.4 Å². The van der Waals surface area contributed by atoms with Crippen molar-refractivity contribution in [2.45, 2.75) is 32.5 Å². The number of fused-ring (bicyclic) bond motifs is 3. The van der Waals surface area contributed by atoms with Crippen molar-refractivity contribution in [3.05, 3.63) is 53.6 Å². The molecule has 0 saturated heterocycles. The average Bonchev–Trinajstić information content (AvgIpc) is 2.92. The Kier molecular flexibility index (Phi) is 4.46. The molecule has 2 aromatic rings. The van der Waals surface area contributed by atoms with Crippen molar-refractivity contribution in [1.82, 2.24) is 0 Å². The molecule has 3 heteroatoms. The molecule has 0 bridgehead atoms. The lowest BCUT2D eigenvalue weighted by atomic mass is 10.1. The van der Waals surface area contributed by atoms with Gasteiger partial charge in [0.1, 0.15) is 11.9 Å². The Morgan fingerprint density at radius 2 is 1.77 bits per heavy atom. The van der Waals surface area contributed by atoms with Crippen molar-refractivity contribution in [2.24, 2.45) is 0 Å². The number of aliphatic hydroxyl groups excluding tert-OH is 1. The second-order valence-electron chi connectivity index (χ2n) is 5.87. The standard InChI is InChI=1S/C19H22O3/c1-13(11-20)21-12-14(2)22-19-9-5-8-17-16-7-4-3-6-15(16)10-18(17)19/h3-9,13-14,20H,10-12H2,1-2H3. The molecular formula is C19H22O3. The van der Waals surface area contributed by atoms with Gasteiger partial charge in [-0.3, -0.25) is 0 Å². The Balaban J connectivity index is 1.74. The van der Waals surface area contributed by atoms with E-state index in [4.69, 9.17) is 14.6 Å². The van der Waals surface area contributed by atoms with Gasteiger partial charge in [0.05, 0.1) is 19.3 Å². The van der Waals surface area contributed by atoms with Gasteiger partial charge in [0.25, 0.3) is 0 Å². The van der Waals surface area contributed by atoms with Crippen LogP contribution in [0, 0.1) is 0 Å². The largest absolute Gasteiger partial charge is 0.488 e. The van der Waals surface area contributed by atoms with Crippen LogP contribution in [0.3, 0.4) is 0 Å². The van der Waals surface area contributed by atoms with Crippen LogP contribution in [0.1, 0.15) is 25.0 Å². The molecule has 1 aliphatic rings. The molecule has 22 heavy (non-hydrogen) atoms. The quantitative estimate of drug-likeness (QED) is 0.758. The Labute approximate surface area is 131 Å². The van der Waals surface area contributed by atoms with Crippen molar-refractivity contribution < 1.29 is 14.6 Å². The third kappa shape index (κ3) is 3.01. The van der Waals surface area contributed by atoms with Gasteiger partial charge in [-0.25, -0.2) is 0 Å². The summed E-state index contributed by atoms with van der Waals surface area (Å²) in [6.45, 7) is 4.34. The zero-order valence-electron chi connectivity index (χ0n) is 13.1. The molecule has 1 N–H and O–H groups in total. The summed E-state index contributed by atoms with van der Waals surface area (Å²) in [5.74, 6) is 0.932. The predicted molar refractivity (Wildman–Crippen MR) is 87.3 cm³/mol. The van der Waals surface area contributed by atoms with Crippen LogP contribution < -0.4 is 4.74 Å². The number of hydrogen-bond donors (Lipinski definition) is 1. The van der Waals surface area contributed by atoms with Crippen LogP contribution in [-0.4, -0.2) is 30.5 Å². The summed E-state index contributed by atoms with van der Waals surface area (Å²) >= 11 is 0. The molecular weight excluding hydrogens is 276 g/mol. The normalized spacial score (nSPS) is 15.0. The zero-order valence-corrected chi connectivity index (χ0v) is 13.1. The zero-order chi connectivity index (χ0) is 15.5. The summed E-state index contributed by atoms with van der Waals surface area (Å²) in [4.78, 5) is 0. The Bertz CT molecular complexity index is 651. The third-order valence-electron chi connectivity index (χ3n) is 4.01. The van der Waals surface area contributed by atoms with Crippen LogP contribution in [0.4, 0.5) is 0 Å². The predicted octanol–water partition coefficient (Wildman–Crippen LogP) is 3.42. The first kappa shape index (κ1) is 15.1. The SMILES string of the molecule is CC(CO)OCC(C)Oc1cccc2c1Cc1ccccc1-2. The number of ether oxygens (including phenoxy) is 2. The minimum Gasteiger partial charge on any atom is -0.488 e. The Morgan fingerprint density at radius 1 is 1.00 bits per heavy atom. The van der Waals surface area contributed by atoms with Crippen molar-refractivity contribution >= 4 is 0 Å². The van der Waals surface area contributed by atoms with Crippen LogP contribution in [0.15, 0.2) is 42.5 Å². The molecule has 0 spiro atoms. The van der Waals surface area contributed by atoms with E-state index in [1.807, 2.05) is 26.0 Å². The maximum absolute atomic E-state index is 9.00. The van der Waals surface area contributed by atoms with E-state index in [1.54, 1.807) is 0 Å². The molecule has 3 nitrogen and oxygen atoms in total. The van der Waals surface area contributed by atoms with Gasteiger partial charge in [0.15, 0.2) is 0 Å². The molecule has 2 unspecified atom stereocenters. The van der Waals surface area contributed by atoms with Gasteiger partial charge >= 0.3 is 0 Å². The Morgan fingerprint density at radius 3 is 2.59 bits per heavy atom. The maximum atomic E-state index is 9.00. The lowest BCUT2D eigenvalue weighted by Crippen LogP contribution is -2.24. The van der Waals surface area contributed by atoms with E-state index in [0.29, 0.717) is 6.61 Å². The first-order chi connectivity index (χ1) is 10.7. The molecule has 0 amide bonds. The molecule has 3 rings (SSSR count). The highest BCUT2D eigenvalue weighted by Crippen LogP contribution is 2.41. The molecule has 2 atom stereocenters. The number of hydrogen-bond acceptors (Lipinski definition) is 3. The molecule has 0 aliphatic heterocycles. The highest BCUT2D eigenvalue weighted by atomic mass is 16.5. The molecule has 1 aliphatic carbocycles. The molecule has 0 aromatic heterocycles. The van der Waals surface area contributed by atoms with E-state index >= 15 is 0 Å². The van der Waals surface area contributed by atoms with E-state index in [2.05, 4.69) is 30.3 Å². The van der Waals surface area contributed by atoms with Crippen LogP contribution in [0.5, 0.6) is 5.75 Å². The van der Waals surface area contributed by atoms with Gasteiger partial charge in [-0.2, -0.15) is 0 Å². The van der Waals surface area contributed by atoms with Gasteiger partial charge in [0, 0.05) is 12.0 Å². The van der Waals surface area contributed by atoms with E-state index in [9.17, 15) is 0 Å². The fourth-order valence-electron chi connectivity index (χ4n) is 2.84. The Hall–Kier alpha value is -1.84. The second kappa shape index (κ2) is 6.51. The van der Waals surface area contributed by atoms with Crippen molar-refractivity contribution in [1.29, 1.82) is 0 Å². The fourth-order valence-corrected chi connectivity index (χ4v) is 2.84. The average molecular weight is 298 g/mol. The van der Waals surface area contributed by atoms with Gasteiger partial charge in [0.2, 0.25) is 0 Å². The second-order valence-corrected chi connectivity index (χ2v) is 5.87. The number of rotatable bonds is 6. The summed E-state index contributed by atoms with van der Waals surface area (Å²) in [6, 6.07) is 14.7. The van der Waals surface area contributed by atoms with Crippen molar-refractivity contribution in [3.8, 4) is 16.9 Å². The molecule has 0 heterocycles. The maximum Gasteiger partial charge on any atom is 0.123 e. The van der Waals surface area contributed by atoms with Crippen LogP contribution in [0.25, 0.3) is 11.1 Å². The highest BCUT2D eigenvalue weighted by molar-refractivity contribution is 5.78. The molecule has 116 valence electrons. The first-order valence-electron chi connectivity index (χ1n) is 7.78. The first-order valence-corrected chi connectivity index (χ1v) is 7.78. The van der Waals surface area contributed by atoms with Gasteiger partial charge in [-0.05, 0) is 36.6 Å². The van der Waals surface area contributed by atoms with Gasteiger partial charge in [-0.15, -0.1) is 0 Å². The highest BCUT2D eigenvalue weighted by Gasteiger charge is 2.22. The summed E-state index contributed by atoms with van der Waals surface area (Å²) in [5.41, 5.74) is 5.18. The number of benzene rings is 2. The number of aliphatic hydroxyl groups is 1. The fraction of sp³-hybridized carbons (Fsp3) is 0.368. The smallest absolute Gasteiger partial charge is 0.123 e. The minimum atomic E-state index is -0.156. The summed E-state index contributed by atoms with van der Waals surface area (Å²) < 4.78 is 11.6. The molecule has 2 aromatic carbocycles. The van der Waals surface area contributed by atoms with E-state index < -0.39 is 0 Å². The minimum absolute atomic E-state index is 0.0305.